The van der Waals surface area contributed by atoms with E-state index >= 15 is 0 Å². The SMILES string of the molecule is O=C(NCC(=O)N1CCN(c2ccc(OCc3ccccc3)cc2)CC1)c1cccnc1[18F]. The van der Waals surface area contributed by atoms with Crippen LogP contribution >= 0.6 is 0 Å². The van der Waals surface area contributed by atoms with Crippen LogP contribution in [0.2, 0.25) is 0 Å². The lowest BCUT2D eigenvalue weighted by Gasteiger charge is -2.36. The Kier molecular flexibility index (Phi) is 7.14. The van der Waals surface area contributed by atoms with Crippen LogP contribution in [0.4, 0.5) is 10.1 Å². The molecule has 8 heteroatoms. The van der Waals surface area contributed by atoms with Crippen molar-refractivity contribution >= 4 is 17.5 Å². The molecular weight excluding hydrogens is 422 g/mol. The summed E-state index contributed by atoms with van der Waals surface area (Å²) in [7, 11) is 0. The first kappa shape index (κ1) is 22.3. The van der Waals surface area contributed by atoms with Gasteiger partial charge in [-0.1, -0.05) is 30.3 Å². The second-order valence-electron chi connectivity index (χ2n) is 7.66. The van der Waals surface area contributed by atoms with Crippen molar-refractivity contribution in [1.29, 1.82) is 0 Å². The Bertz CT molecular complexity index is 1080. The van der Waals surface area contributed by atoms with Crippen molar-refractivity contribution in [2.24, 2.45) is 0 Å². The van der Waals surface area contributed by atoms with E-state index in [9.17, 15) is 14.0 Å². The molecule has 0 atom stereocenters. The van der Waals surface area contributed by atoms with E-state index in [-0.39, 0.29) is 18.0 Å². The normalized spacial score (nSPS) is 13.5. The van der Waals surface area contributed by atoms with Crippen molar-refractivity contribution in [2.45, 2.75) is 6.61 Å². The summed E-state index contributed by atoms with van der Waals surface area (Å²) in [6.07, 6.45) is 1.27. The van der Waals surface area contributed by atoms with Gasteiger partial charge in [0.25, 0.3) is 5.91 Å². The van der Waals surface area contributed by atoms with Gasteiger partial charge in [-0.2, -0.15) is 4.39 Å². The predicted molar refractivity (Wildman–Crippen MR) is 123 cm³/mol. The molecule has 1 saturated heterocycles. The van der Waals surface area contributed by atoms with Crippen molar-refractivity contribution in [1.82, 2.24) is 15.2 Å². The largest absolute Gasteiger partial charge is 0.489 e. The summed E-state index contributed by atoms with van der Waals surface area (Å²) >= 11 is 0. The number of pyridine rings is 1. The summed E-state index contributed by atoms with van der Waals surface area (Å²) in [5.41, 5.74) is 2.00. The van der Waals surface area contributed by atoms with Gasteiger partial charge >= 0.3 is 0 Å². The maximum Gasteiger partial charge on any atom is 0.256 e. The zero-order chi connectivity index (χ0) is 23.0. The van der Waals surface area contributed by atoms with Crippen LogP contribution in [0.15, 0.2) is 72.9 Å². The maximum atomic E-state index is 13.6. The highest BCUT2D eigenvalue weighted by Gasteiger charge is 2.22. The molecule has 2 amide bonds. The van der Waals surface area contributed by atoms with E-state index in [2.05, 4.69) is 15.2 Å². The number of piperazine rings is 1. The number of nitrogens with one attached hydrogen (secondary N) is 1. The number of amides is 2. The molecule has 1 aromatic heterocycles. The fraction of sp³-hybridized carbons (Fsp3) is 0.240. The van der Waals surface area contributed by atoms with Crippen LogP contribution < -0.4 is 15.0 Å². The predicted octanol–water partition coefficient (Wildman–Crippen LogP) is 2.88. The Balaban J connectivity index is 1.22. The molecule has 0 saturated carbocycles. The van der Waals surface area contributed by atoms with Gasteiger partial charge in [-0.15, -0.1) is 0 Å². The van der Waals surface area contributed by atoms with Crippen molar-refractivity contribution in [2.75, 3.05) is 37.6 Å². The maximum absolute atomic E-state index is 13.6. The lowest BCUT2D eigenvalue weighted by atomic mass is 10.2. The van der Waals surface area contributed by atoms with Crippen LogP contribution in [-0.4, -0.2) is 54.4 Å². The molecule has 33 heavy (non-hydrogen) atoms. The van der Waals surface area contributed by atoms with Crippen LogP contribution in [-0.2, 0) is 11.4 Å². The minimum Gasteiger partial charge on any atom is -0.489 e. The van der Waals surface area contributed by atoms with Gasteiger partial charge in [0.05, 0.1) is 12.1 Å². The van der Waals surface area contributed by atoms with Crippen molar-refractivity contribution < 1.29 is 18.7 Å². The van der Waals surface area contributed by atoms with Gasteiger partial charge in [0.2, 0.25) is 11.9 Å². The Morgan fingerprint density at radius 3 is 2.36 bits per heavy atom. The van der Waals surface area contributed by atoms with Crippen molar-refractivity contribution in [3.05, 3.63) is 90.0 Å². The molecular formula is C25H25FN4O3. The second-order valence-corrected chi connectivity index (χ2v) is 7.66. The van der Waals surface area contributed by atoms with Gasteiger partial charge in [0, 0.05) is 38.1 Å². The number of carbonyl (C=O) groups is 2. The molecule has 3 aromatic rings. The molecule has 0 aliphatic carbocycles. The quantitative estimate of drug-likeness (QED) is 0.564. The average Bonchev–Trinajstić information content (AvgIpc) is 2.87. The minimum absolute atomic E-state index is 0.175. The molecule has 1 aliphatic heterocycles. The number of halogens is 1. The van der Waals surface area contributed by atoms with Gasteiger partial charge in [0.1, 0.15) is 12.4 Å². The molecule has 2 heterocycles. The molecule has 7 nitrogen and oxygen atoms in total. The summed E-state index contributed by atoms with van der Waals surface area (Å²) in [5.74, 6) is -0.899. The number of nitrogens with zero attached hydrogens (tertiary/aromatic N) is 3. The summed E-state index contributed by atoms with van der Waals surface area (Å²) in [5, 5.41) is 2.47. The summed E-state index contributed by atoms with van der Waals surface area (Å²) in [6, 6.07) is 20.7. The van der Waals surface area contributed by atoms with Crippen LogP contribution in [0.25, 0.3) is 0 Å². The zero-order valence-corrected chi connectivity index (χ0v) is 18.1. The Morgan fingerprint density at radius 1 is 0.939 bits per heavy atom. The van der Waals surface area contributed by atoms with Crippen LogP contribution in [0.1, 0.15) is 15.9 Å². The molecule has 1 N–H and O–H groups in total. The molecule has 170 valence electrons. The van der Waals surface area contributed by atoms with Gasteiger partial charge in [-0.25, -0.2) is 4.98 Å². The number of aromatic nitrogens is 1. The summed E-state index contributed by atoms with van der Waals surface area (Å²) in [4.78, 5) is 31.9. The number of anilines is 1. The van der Waals surface area contributed by atoms with Crippen LogP contribution in [0, 0.1) is 5.95 Å². The zero-order valence-electron chi connectivity index (χ0n) is 18.1. The fourth-order valence-corrected chi connectivity index (χ4v) is 3.63. The highest BCUT2D eigenvalue weighted by Crippen LogP contribution is 2.21. The summed E-state index contributed by atoms with van der Waals surface area (Å²) in [6.45, 7) is 2.79. The number of rotatable bonds is 7. The number of ether oxygens (including phenoxy) is 1. The Hall–Kier alpha value is -3.94. The van der Waals surface area contributed by atoms with Gasteiger partial charge < -0.3 is 19.9 Å². The van der Waals surface area contributed by atoms with E-state index in [0.29, 0.717) is 32.8 Å². The monoisotopic (exact) mass is 447 g/mol. The average molecular weight is 448 g/mol. The number of hydrogen-bond donors (Lipinski definition) is 1. The van der Waals surface area contributed by atoms with E-state index < -0.39 is 11.9 Å². The van der Waals surface area contributed by atoms with E-state index in [4.69, 9.17) is 4.74 Å². The van der Waals surface area contributed by atoms with Gasteiger partial charge in [-0.3, -0.25) is 9.59 Å². The van der Waals surface area contributed by atoms with Gasteiger partial charge in [-0.05, 0) is 42.0 Å². The second kappa shape index (κ2) is 10.6. The molecule has 0 radical (unpaired) electrons. The van der Waals surface area contributed by atoms with Crippen molar-refractivity contribution in [3.63, 3.8) is 0 Å². The fourth-order valence-electron chi connectivity index (χ4n) is 3.63. The third kappa shape index (κ3) is 5.85. The molecule has 1 aliphatic rings. The minimum atomic E-state index is -0.854. The van der Waals surface area contributed by atoms with Gasteiger partial charge in [0.15, 0.2) is 0 Å². The first-order chi connectivity index (χ1) is 16.1. The smallest absolute Gasteiger partial charge is 0.256 e. The standard InChI is InChI=1S/C25H25FN4O3/c26-24-22(7-4-12-27-24)25(32)28-17-23(31)30-15-13-29(14-16-30)20-8-10-21(11-9-20)33-18-19-5-2-1-3-6-19/h1-12H,13-18H2,(H,28,32)/i26-1. The molecule has 2 aromatic carbocycles. The highest BCUT2D eigenvalue weighted by atomic mass is 18.2. The molecule has 0 unspecified atom stereocenters. The topological polar surface area (TPSA) is 74.8 Å². The number of carbonyl (C=O) groups excluding carboxylic acids is 2. The number of hydrogen-bond acceptors (Lipinski definition) is 5. The van der Waals surface area contributed by atoms with Crippen LogP contribution in [0.5, 0.6) is 5.75 Å². The molecule has 0 bridgehead atoms. The van der Waals surface area contributed by atoms with Crippen molar-refractivity contribution in [3.8, 4) is 5.75 Å². The first-order valence-corrected chi connectivity index (χ1v) is 10.8. The highest BCUT2D eigenvalue weighted by molar-refractivity contribution is 5.96. The lowest BCUT2D eigenvalue weighted by molar-refractivity contribution is -0.130. The molecule has 0 spiro atoms. The molecule has 1 fully saturated rings. The Morgan fingerprint density at radius 2 is 1.67 bits per heavy atom. The number of benzene rings is 2. The molecule has 4 rings (SSSR count). The third-order valence-electron chi connectivity index (χ3n) is 5.49. The lowest BCUT2D eigenvalue weighted by Crippen LogP contribution is -2.51. The van der Waals surface area contributed by atoms with Crippen LogP contribution in [0.3, 0.4) is 0 Å². The van der Waals surface area contributed by atoms with E-state index in [0.717, 1.165) is 17.0 Å². The van der Waals surface area contributed by atoms with E-state index in [1.165, 1.54) is 18.3 Å². The Labute approximate surface area is 191 Å². The van der Waals surface area contributed by atoms with E-state index in [1.54, 1.807) is 4.90 Å². The van der Waals surface area contributed by atoms with E-state index in [1.807, 2.05) is 54.6 Å². The first-order valence-electron chi connectivity index (χ1n) is 10.8. The summed E-state index contributed by atoms with van der Waals surface area (Å²) < 4.78 is 19.4. The third-order valence-corrected chi connectivity index (χ3v) is 5.49.